The molecule has 1 aliphatic carbocycles. The average Bonchev–Trinajstić information content (AvgIpc) is 2.64. The van der Waals surface area contributed by atoms with Gasteiger partial charge in [0, 0.05) is 18.0 Å². The standard InChI is InChI=1S/C21H24ClFN2/c1-2-3-15-4-6-16(7-5-15)8-9-17-13-24-21(25-14-17)18-10-11-19(22)20(23)12-18/h2-3,10-16H,4-9H2,1H3/t15-,16-. The molecule has 1 heterocycles. The van der Waals surface area contributed by atoms with Crippen LogP contribution < -0.4 is 0 Å². The Bertz CT molecular complexity index is 719. The number of hydrogen-bond donors (Lipinski definition) is 0. The van der Waals surface area contributed by atoms with Crippen LogP contribution in [0.4, 0.5) is 4.39 Å². The van der Waals surface area contributed by atoms with Gasteiger partial charge in [-0.1, -0.05) is 23.8 Å². The van der Waals surface area contributed by atoms with Crippen LogP contribution in [0.5, 0.6) is 0 Å². The summed E-state index contributed by atoms with van der Waals surface area (Å²) in [6.45, 7) is 2.11. The number of allylic oxidation sites excluding steroid dienone is 2. The van der Waals surface area contributed by atoms with Crippen LogP contribution in [0.25, 0.3) is 11.4 Å². The van der Waals surface area contributed by atoms with Crippen LogP contribution in [-0.2, 0) is 6.42 Å². The van der Waals surface area contributed by atoms with E-state index in [1.807, 2.05) is 12.4 Å². The molecule has 2 aromatic rings. The number of benzene rings is 1. The first-order chi connectivity index (χ1) is 12.2. The van der Waals surface area contributed by atoms with Crippen molar-refractivity contribution in [1.29, 1.82) is 0 Å². The van der Waals surface area contributed by atoms with Gasteiger partial charge >= 0.3 is 0 Å². The van der Waals surface area contributed by atoms with E-state index in [1.165, 1.54) is 44.2 Å². The first-order valence-corrected chi connectivity index (χ1v) is 9.42. The van der Waals surface area contributed by atoms with Crippen LogP contribution in [-0.4, -0.2) is 9.97 Å². The first-order valence-electron chi connectivity index (χ1n) is 9.05. The summed E-state index contributed by atoms with van der Waals surface area (Å²) in [4.78, 5) is 8.78. The molecule has 1 aliphatic rings. The summed E-state index contributed by atoms with van der Waals surface area (Å²) >= 11 is 5.72. The van der Waals surface area contributed by atoms with Crippen molar-refractivity contribution in [3.8, 4) is 11.4 Å². The molecule has 0 bridgehead atoms. The summed E-state index contributed by atoms with van der Waals surface area (Å²) in [5, 5.41) is 0.115. The highest BCUT2D eigenvalue weighted by atomic mass is 35.5. The lowest BCUT2D eigenvalue weighted by atomic mass is 9.79. The van der Waals surface area contributed by atoms with Crippen molar-refractivity contribution in [3.63, 3.8) is 0 Å². The fourth-order valence-corrected chi connectivity index (χ4v) is 3.70. The van der Waals surface area contributed by atoms with E-state index in [1.54, 1.807) is 6.07 Å². The Labute approximate surface area is 154 Å². The van der Waals surface area contributed by atoms with Crippen molar-refractivity contribution in [2.45, 2.75) is 45.4 Å². The van der Waals surface area contributed by atoms with Crippen molar-refractivity contribution in [2.75, 3.05) is 0 Å². The highest BCUT2D eigenvalue weighted by Crippen LogP contribution is 2.32. The summed E-state index contributed by atoms with van der Waals surface area (Å²) in [6.07, 6.45) is 15.7. The summed E-state index contributed by atoms with van der Waals surface area (Å²) < 4.78 is 13.6. The zero-order valence-corrected chi connectivity index (χ0v) is 15.3. The van der Waals surface area contributed by atoms with Gasteiger partial charge in [0.1, 0.15) is 5.82 Å². The molecule has 0 radical (unpaired) electrons. The molecule has 1 aromatic carbocycles. The molecule has 0 aliphatic heterocycles. The van der Waals surface area contributed by atoms with Gasteiger partial charge in [-0.3, -0.25) is 0 Å². The van der Waals surface area contributed by atoms with Gasteiger partial charge in [-0.15, -0.1) is 0 Å². The fraction of sp³-hybridized carbons (Fsp3) is 0.429. The lowest BCUT2D eigenvalue weighted by Gasteiger charge is -2.26. The third kappa shape index (κ3) is 4.88. The van der Waals surface area contributed by atoms with Crippen LogP contribution in [0.15, 0.2) is 42.7 Å². The molecule has 4 heteroatoms. The summed E-state index contributed by atoms with van der Waals surface area (Å²) in [7, 11) is 0. The third-order valence-electron chi connectivity index (χ3n) is 5.08. The first kappa shape index (κ1) is 18.1. The smallest absolute Gasteiger partial charge is 0.159 e. The molecule has 2 nitrogen and oxygen atoms in total. The van der Waals surface area contributed by atoms with Crippen molar-refractivity contribution < 1.29 is 4.39 Å². The second-order valence-corrected chi connectivity index (χ2v) is 7.30. The monoisotopic (exact) mass is 358 g/mol. The summed E-state index contributed by atoms with van der Waals surface area (Å²) in [5.41, 5.74) is 1.80. The van der Waals surface area contributed by atoms with Gasteiger partial charge in [0.25, 0.3) is 0 Å². The highest BCUT2D eigenvalue weighted by molar-refractivity contribution is 6.30. The molecule has 3 rings (SSSR count). The Hall–Kier alpha value is -1.74. The second kappa shape index (κ2) is 8.57. The van der Waals surface area contributed by atoms with Crippen LogP contribution in [0, 0.1) is 17.7 Å². The SMILES string of the molecule is CC=C[C@H]1CC[C@H](CCc2cnc(-c3ccc(Cl)c(F)c3)nc2)CC1. The maximum atomic E-state index is 13.6. The highest BCUT2D eigenvalue weighted by Gasteiger charge is 2.19. The maximum absolute atomic E-state index is 13.6. The largest absolute Gasteiger partial charge is 0.236 e. The predicted octanol–water partition coefficient (Wildman–Crippen LogP) is 6.25. The third-order valence-corrected chi connectivity index (χ3v) is 5.39. The Kier molecular flexibility index (Phi) is 6.19. The number of aromatic nitrogens is 2. The van der Waals surface area contributed by atoms with Crippen molar-refractivity contribution in [3.05, 3.63) is 59.1 Å². The van der Waals surface area contributed by atoms with Crippen LogP contribution in [0.2, 0.25) is 5.02 Å². The zero-order valence-electron chi connectivity index (χ0n) is 14.6. The Morgan fingerprint density at radius 3 is 2.52 bits per heavy atom. The maximum Gasteiger partial charge on any atom is 0.159 e. The van der Waals surface area contributed by atoms with Gasteiger partial charge in [-0.05, 0) is 81.0 Å². The second-order valence-electron chi connectivity index (χ2n) is 6.89. The van der Waals surface area contributed by atoms with Crippen LogP contribution in [0.1, 0.15) is 44.6 Å². The molecule has 1 fully saturated rings. The molecule has 0 amide bonds. The summed E-state index contributed by atoms with van der Waals surface area (Å²) in [6, 6.07) is 4.65. The molecule has 1 saturated carbocycles. The topological polar surface area (TPSA) is 25.8 Å². The molecule has 132 valence electrons. The van der Waals surface area contributed by atoms with E-state index in [2.05, 4.69) is 29.0 Å². The van der Waals surface area contributed by atoms with Crippen LogP contribution >= 0.6 is 11.6 Å². The minimum Gasteiger partial charge on any atom is -0.236 e. The number of aryl methyl sites for hydroxylation is 1. The van der Waals surface area contributed by atoms with Crippen molar-refractivity contribution in [2.24, 2.45) is 11.8 Å². The van der Waals surface area contributed by atoms with Crippen molar-refractivity contribution >= 4 is 11.6 Å². The fourth-order valence-electron chi connectivity index (χ4n) is 3.58. The van der Waals surface area contributed by atoms with E-state index in [0.717, 1.165) is 23.8 Å². The van der Waals surface area contributed by atoms with Crippen LogP contribution in [0.3, 0.4) is 0 Å². The number of nitrogens with zero attached hydrogens (tertiary/aromatic N) is 2. The van der Waals surface area contributed by atoms with E-state index >= 15 is 0 Å². The normalized spacial score (nSPS) is 20.9. The van der Waals surface area contributed by atoms with Gasteiger partial charge in [0.2, 0.25) is 0 Å². The molecule has 1 aromatic heterocycles. The Morgan fingerprint density at radius 2 is 1.88 bits per heavy atom. The molecule has 0 saturated heterocycles. The zero-order chi connectivity index (χ0) is 17.6. The van der Waals surface area contributed by atoms with Gasteiger partial charge < -0.3 is 0 Å². The molecule has 0 N–H and O–H groups in total. The molecular formula is C21H24ClFN2. The van der Waals surface area contributed by atoms with E-state index in [-0.39, 0.29) is 5.02 Å². The number of hydrogen-bond acceptors (Lipinski definition) is 2. The molecule has 25 heavy (non-hydrogen) atoms. The molecule has 0 unspecified atom stereocenters. The minimum atomic E-state index is -0.444. The van der Waals surface area contributed by atoms with Gasteiger partial charge in [0.05, 0.1) is 5.02 Å². The van der Waals surface area contributed by atoms with E-state index in [0.29, 0.717) is 11.4 Å². The lowest BCUT2D eigenvalue weighted by Crippen LogP contribution is -2.13. The van der Waals surface area contributed by atoms with Gasteiger partial charge in [-0.25, -0.2) is 14.4 Å². The van der Waals surface area contributed by atoms with Crippen molar-refractivity contribution in [1.82, 2.24) is 9.97 Å². The van der Waals surface area contributed by atoms with E-state index < -0.39 is 5.82 Å². The Balaban J connectivity index is 1.54. The van der Waals surface area contributed by atoms with Gasteiger partial charge in [0.15, 0.2) is 5.82 Å². The average molecular weight is 359 g/mol. The summed E-state index contributed by atoms with van der Waals surface area (Å²) in [5.74, 6) is 1.68. The number of rotatable bonds is 5. The molecular weight excluding hydrogens is 335 g/mol. The minimum absolute atomic E-state index is 0.115. The van der Waals surface area contributed by atoms with Gasteiger partial charge in [-0.2, -0.15) is 0 Å². The quantitative estimate of drug-likeness (QED) is 0.590. The molecule has 0 atom stereocenters. The van der Waals surface area contributed by atoms with E-state index in [9.17, 15) is 4.39 Å². The van der Waals surface area contributed by atoms with E-state index in [4.69, 9.17) is 11.6 Å². The number of halogens is 2. The predicted molar refractivity (Wildman–Crippen MR) is 101 cm³/mol. The lowest BCUT2D eigenvalue weighted by molar-refractivity contribution is 0.296. The molecule has 0 spiro atoms. The Morgan fingerprint density at radius 1 is 1.16 bits per heavy atom.